The molecule has 2 aliphatic heterocycles. The van der Waals surface area contributed by atoms with Crippen LogP contribution < -0.4 is 5.32 Å². The van der Waals surface area contributed by atoms with E-state index in [0.29, 0.717) is 12.4 Å². The number of rotatable bonds is 2. The molecule has 0 unspecified atom stereocenters. The number of nitrogens with zero attached hydrogens (tertiary/aromatic N) is 3. The van der Waals surface area contributed by atoms with E-state index in [1.54, 1.807) is 6.20 Å². The van der Waals surface area contributed by atoms with Crippen molar-refractivity contribution in [3.63, 3.8) is 0 Å². The van der Waals surface area contributed by atoms with Crippen LogP contribution in [0.5, 0.6) is 0 Å². The molecule has 0 aliphatic carbocycles. The number of carbonyl (C=O) groups is 1. The van der Waals surface area contributed by atoms with Gasteiger partial charge in [0, 0.05) is 31.4 Å². The van der Waals surface area contributed by atoms with Gasteiger partial charge in [0.1, 0.15) is 5.70 Å². The maximum absolute atomic E-state index is 12.2. The van der Waals surface area contributed by atoms with Crippen molar-refractivity contribution in [3.05, 3.63) is 65.1 Å². The zero-order valence-electron chi connectivity index (χ0n) is 15.1. The van der Waals surface area contributed by atoms with Gasteiger partial charge in [0.05, 0.1) is 5.69 Å². The molecule has 0 bridgehead atoms. The number of carbonyl (C=O) groups excluding carboxylic acids is 1. The lowest BCUT2D eigenvalue weighted by Crippen LogP contribution is -2.45. The first kappa shape index (κ1) is 16.5. The Morgan fingerprint density at radius 3 is 2.88 bits per heavy atom. The smallest absolute Gasteiger partial charge is 0.267 e. The van der Waals surface area contributed by atoms with Crippen molar-refractivity contribution in [2.75, 3.05) is 19.6 Å². The molecule has 0 radical (unpaired) electrons. The quantitative estimate of drug-likeness (QED) is 0.908. The summed E-state index contributed by atoms with van der Waals surface area (Å²) in [5.41, 5.74) is 5.98. The molecular formula is C21H22N4O. The van der Waals surface area contributed by atoms with Crippen molar-refractivity contribution in [2.24, 2.45) is 0 Å². The summed E-state index contributed by atoms with van der Waals surface area (Å²) >= 11 is 0. The highest BCUT2D eigenvalue weighted by molar-refractivity contribution is 5.96. The second-order valence-corrected chi connectivity index (χ2v) is 6.80. The molecule has 0 spiro atoms. The minimum Gasteiger partial charge on any atom is -0.365 e. The van der Waals surface area contributed by atoms with E-state index in [9.17, 15) is 4.79 Å². The van der Waals surface area contributed by atoms with Crippen LogP contribution in [-0.2, 0) is 4.79 Å². The molecule has 1 N–H and O–H groups in total. The lowest BCUT2D eigenvalue weighted by molar-refractivity contribution is -0.120. The highest BCUT2D eigenvalue weighted by Gasteiger charge is 2.24. The Kier molecular flexibility index (Phi) is 4.29. The molecule has 26 heavy (non-hydrogen) atoms. The fourth-order valence-corrected chi connectivity index (χ4v) is 3.52. The average Bonchev–Trinajstić information content (AvgIpc) is 2.85. The van der Waals surface area contributed by atoms with E-state index in [0.717, 1.165) is 47.6 Å². The van der Waals surface area contributed by atoms with Crippen LogP contribution in [0.2, 0.25) is 0 Å². The van der Waals surface area contributed by atoms with Crippen LogP contribution in [0.15, 0.2) is 48.3 Å². The highest BCUT2D eigenvalue weighted by Crippen LogP contribution is 2.26. The van der Waals surface area contributed by atoms with Gasteiger partial charge in [-0.15, -0.1) is 0 Å². The Hall–Kier alpha value is -2.95. The van der Waals surface area contributed by atoms with Crippen molar-refractivity contribution in [1.82, 2.24) is 20.2 Å². The number of hydrogen-bond donors (Lipinski definition) is 1. The molecule has 0 atom stereocenters. The Morgan fingerprint density at radius 2 is 2.04 bits per heavy atom. The number of aryl methyl sites for hydroxylation is 2. The second kappa shape index (κ2) is 6.75. The molecule has 1 fully saturated rings. The summed E-state index contributed by atoms with van der Waals surface area (Å²) in [6, 6.07) is 8.20. The van der Waals surface area contributed by atoms with Crippen LogP contribution in [0.1, 0.15) is 23.2 Å². The highest BCUT2D eigenvalue weighted by atomic mass is 16.2. The average molecular weight is 346 g/mol. The zero-order chi connectivity index (χ0) is 18.1. The van der Waals surface area contributed by atoms with E-state index >= 15 is 0 Å². The van der Waals surface area contributed by atoms with Crippen LogP contribution in [0.4, 0.5) is 0 Å². The SMILES string of the molecule is Cc1ccc(-c2nccc(C3=CCCN4CCNC(=O)C4=C3)n2)c(C)c1. The number of benzene rings is 1. The van der Waals surface area contributed by atoms with E-state index in [1.807, 2.05) is 12.1 Å². The monoisotopic (exact) mass is 346 g/mol. The first-order chi connectivity index (χ1) is 12.6. The molecular weight excluding hydrogens is 324 g/mol. The van der Waals surface area contributed by atoms with Gasteiger partial charge in [-0.1, -0.05) is 29.8 Å². The predicted octanol–water partition coefficient (Wildman–Crippen LogP) is 2.86. The third-order valence-corrected chi connectivity index (χ3v) is 4.87. The van der Waals surface area contributed by atoms with Gasteiger partial charge in [0.15, 0.2) is 5.82 Å². The number of fused-ring (bicyclic) bond motifs is 1. The molecule has 2 aromatic rings. The van der Waals surface area contributed by atoms with Gasteiger partial charge in [-0.25, -0.2) is 9.97 Å². The summed E-state index contributed by atoms with van der Waals surface area (Å²) in [5.74, 6) is 0.709. The fourth-order valence-electron chi connectivity index (χ4n) is 3.52. The Labute approximate surface area is 153 Å². The molecule has 132 valence electrons. The number of amides is 1. The van der Waals surface area contributed by atoms with Gasteiger partial charge < -0.3 is 10.2 Å². The number of piperazine rings is 1. The van der Waals surface area contributed by atoms with Crippen LogP contribution in [-0.4, -0.2) is 40.4 Å². The predicted molar refractivity (Wildman–Crippen MR) is 102 cm³/mol. The summed E-state index contributed by atoms with van der Waals surface area (Å²) in [7, 11) is 0. The topological polar surface area (TPSA) is 58.1 Å². The minimum atomic E-state index is -0.00675. The first-order valence-electron chi connectivity index (χ1n) is 8.98. The van der Waals surface area contributed by atoms with Crippen molar-refractivity contribution >= 4 is 11.5 Å². The Bertz CT molecular complexity index is 929. The van der Waals surface area contributed by atoms with Crippen LogP contribution in [0, 0.1) is 13.8 Å². The molecule has 1 amide bonds. The summed E-state index contributed by atoms with van der Waals surface area (Å²) in [4.78, 5) is 23.6. The van der Waals surface area contributed by atoms with Crippen LogP contribution in [0.25, 0.3) is 17.0 Å². The maximum Gasteiger partial charge on any atom is 0.267 e. The van der Waals surface area contributed by atoms with Crippen LogP contribution in [0.3, 0.4) is 0 Å². The second-order valence-electron chi connectivity index (χ2n) is 6.80. The molecule has 1 saturated heterocycles. The third kappa shape index (κ3) is 3.12. The normalized spacial score (nSPS) is 17.0. The lowest BCUT2D eigenvalue weighted by atomic mass is 10.0. The lowest BCUT2D eigenvalue weighted by Gasteiger charge is -2.30. The van der Waals surface area contributed by atoms with E-state index < -0.39 is 0 Å². The third-order valence-electron chi connectivity index (χ3n) is 4.87. The van der Waals surface area contributed by atoms with E-state index in [2.05, 4.69) is 53.3 Å². The molecule has 0 saturated carbocycles. The standard InChI is InChI=1S/C21H22N4O/c1-14-5-6-17(15(2)12-14)20-22-8-7-18(24-20)16-4-3-10-25-11-9-23-21(26)19(25)13-16/h4-8,12-13H,3,9-11H2,1-2H3,(H,23,26). The van der Waals surface area contributed by atoms with Crippen molar-refractivity contribution in [1.29, 1.82) is 0 Å². The molecule has 5 nitrogen and oxygen atoms in total. The van der Waals surface area contributed by atoms with Gasteiger partial charge in [-0.3, -0.25) is 4.79 Å². The zero-order valence-corrected chi connectivity index (χ0v) is 15.1. The van der Waals surface area contributed by atoms with Gasteiger partial charge in [0.25, 0.3) is 5.91 Å². The number of hydrogen-bond acceptors (Lipinski definition) is 4. The van der Waals surface area contributed by atoms with Gasteiger partial charge in [0.2, 0.25) is 0 Å². The van der Waals surface area contributed by atoms with Gasteiger partial charge in [-0.2, -0.15) is 0 Å². The molecule has 5 heteroatoms. The summed E-state index contributed by atoms with van der Waals surface area (Å²) in [5, 5.41) is 2.92. The van der Waals surface area contributed by atoms with Crippen LogP contribution >= 0.6 is 0 Å². The molecule has 3 heterocycles. The number of aromatic nitrogens is 2. The van der Waals surface area contributed by atoms with E-state index in [1.165, 1.54) is 5.56 Å². The fraction of sp³-hybridized carbons (Fsp3) is 0.286. The van der Waals surface area contributed by atoms with Crippen molar-refractivity contribution < 1.29 is 4.79 Å². The largest absolute Gasteiger partial charge is 0.365 e. The Balaban J connectivity index is 1.73. The first-order valence-corrected chi connectivity index (χ1v) is 8.98. The summed E-state index contributed by atoms with van der Waals surface area (Å²) in [6.45, 7) is 6.58. The minimum absolute atomic E-state index is 0.00675. The number of allylic oxidation sites excluding steroid dienone is 2. The molecule has 1 aromatic carbocycles. The molecule has 2 aliphatic rings. The summed E-state index contributed by atoms with van der Waals surface area (Å²) in [6.07, 6.45) is 6.80. The van der Waals surface area contributed by atoms with E-state index in [4.69, 9.17) is 4.98 Å². The van der Waals surface area contributed by atoms with E-state index in [-0.39, 0.29) is 5.91 Å². The van der Waals surface area contributed by atoms with Gasteiger partial charge in [-0.05, 0) is 43.5 Å². The summed E-state index contributed by atoms with van der Waals surface area (Å²) < 4.78 is 0. The van der Waals surface area contributed by atoms with Crippen molar-refractivity contribution in [3.8, 4) is 11.4 Å². The van der Waals surface area contributed by atoms with Gasteiger partial charge >= 0.3 is 0 Å². The number of nitrogens with one attached hydrogen (secondary N) is 1. The van der Waals surface area contributed by atoms with Crippen molar-refractivity contribution in [2.45, 2.75) is 20.3 Å². The maximum atomic E-state index is 12.2. The Morgan fingerprint density at radius 1 is 1.15 bits per heavy atom. The molecule has 1 aromatic heterocycles. The molecule has 4 rings (SSSR count).